The van der Waals surface area contributed by atoms with E-state index in [2.05, 4.69) is 99.5 Å². The van der Waals surface area contributed by atoms with Gasteiger partial charge in [-0.3, -0.25) is 0 Å². The number of aryl methyl sites for hydroxylation is 1. The van der Waals surface area contributed by atoms with Crippen LogP contribution < -0.4 is 9.80 Å². The molecule has 0 heterocycles. The summed E-state index contributed by atoms with van der Waals surface area (Å²) in [5, 5.41) is 22.8. The quantitative estimate of drug-likeness (QED) is 0.412. The molecule has 3 aliphatic rings. The molecule has 0 aromatic heterocycles. The third kappa shape index (κ3) is 3.75. The maximum Gasteiger partial charge on any atom is 0.115 e. The Bertz CT molecular complexity index is 1320. The van der Waals surface area contributed by atoms with Crippen molar-refractivity contribution in [2.75, 3.05) is 38.0 Å². The molecule has 3 aromatic rings. The number of nitrogens with zero attached hydrogens (tertiary/aromatic N) is 2. The molecule has 0 unspecified atom stereocenters. The third-order valence-electron chi connectivity index (χ3n) is 10.6. The Hall–Kier alpha value is -2.98. The number of rotatable bonds is 4. The Balaban J connectivity index is 1.46. The van der Waals surface area contributed by atoms with Gasteiger partial charge in [-0.25, -0.2) is 0 Å². The van der Waals surface area contributed by atoms with Crippen LogP contribution in [-0.2, 0) is 12.0 Å². The highest BCUT2D eigenvalue weighted by molar-refractivity contribution is 5.50. The number of hydrogen-bond acceptors (Lipinski definition) is 4. The molecule has 0 aliphatic heterocycles. The third-order valence-corrected chi connectivity index (χ3v) is 10.6. The van der Waals surface area contributed by atoms with Gasteiger partial charge in [-0.1, -0.05) is 37.3 Å². The van der Waals surface area contributed by atoms with Crippen molar-refractivity contribution >= 4 is 11.4 Å². The number of phenolic OH excluding ortho intramolecular Hbond substituents is 1. The van der Waals surface area contributed by atoms with Crippen LogP contribution in [0.2, 0.25) is 0 Å². The second kappa shape index (κ2) is 9.05. The first-order chi connectivity index (χ1) is 18.1. The van der Waals surface area contributed by atoms with E-state index in [0.29, 0.717) is 29.4 Å². The summed E-state index contributed by atoms with van der Waals surface area (Å²) in [6.07, 6.45) is 4.94. The molecule has 38 heavy (non-hydrogen) atoms. The molecule has 3 aliphatic carbocycles. The van der Waals surface area contributed by atoms with Gasteiger partial charge in [-0.15, -0.1) is 0 Å². The highest BCUT2D eigenvalue weighted by Crippen LogP contribution is 2.70. The minimum absolute atomic E-state index is 0.215. The van der Waals surface area contributed by atoms with E-state index in [1.807, 2.05) is 12.1 Å². The Labute approximate surface area is 227 Å². The molecule has 200 valence electrons. The first-order valence-electron chi connectivity index (χ1n) is 14.2. The van der Waals surface area contributed by atoms with Crippen LogP contribution in [0, 0.1) is 17.3 Å². The molecule has 2 fully saturated rings. The van der Waals surface area contributed by atoms with Crippen molar-refractivity contribution in [1.29, 1.82) is 0 Å². The summed E-state index contributed by atoms with van der Waals surface area (Å²) in [4.78, 5) is 4.26. The van der Waals surface area contributed by atoms with E-state index in [-0.39, 0.29) is 5.41 Å². The van der Waals surface area contributed by atoms with Crippen molar-refractivity contribution in [1.82, 2.24) is 0 Å². The molecule has 4 nitrogen and oxygen atoms in total. The summed E-state index contributed by atoms with van der Waals surface area (Å²) in [7, 11) is 8.29. The van der Waals surface area contributed by atoms with Crippen molar-refractivity contribution in [2.24, 2.45) is 17.3 Å². The summed E-state index contributed by atoms with van der Waals surface area (Å²) in [5.74, 6) is 2.06. The summed E-state index contributed by atoms with van der Waals surface area (Å²) in [6.45, 7) is 2.38. The van der Waals surface area contributed by atoms with Crippen LogP contribution in [-0.4, -0.2) is 38.4 Å². The molecular formula is C34H42N2O2. The monoisotopic (exact) mass is 510 g/mol. The molecule has 6 atom stereocenters. The average molecular weight is 511 g/mol. The zero-order chi connectivity index (χ0) is 26.8. The van der Waals surface area contributed by atoms with Gasteiger partial charge in [-0.05, 0) is 114 Å². The zero-order valence-corrected chi connectivity index (χ0v) is 23.5. The molecule has 3 aromatic carbocycles. The smallest absolute Gasteiger partial charge is 0.115 e. The minimum Gasteiger partial charge on any atom is -0.508 e. The number of aromatic hydroxyl groups is 1. The lowest BCUT2D eigenvalue weighted by atomic mass is 9.48. The minimum atomic E-state index is -0.843. The van der Waals surface area contributed by atoms with Crippen LogP contribution in [0.3, 0.4) is 0 Å². The Kier molecular flexibility index (Phi) is 6.03. The summed E-state index contributed by atoms with van der Waals surface area (Å²) < 4.78 is 0. The second-order valence-electron chi connectivity index (χ2n) is 12.8. The molecule has 6 rings (SSSR count). The molecule has 0 spiro atoms. The predicted molar refractivity (Wildman–Crippen MR) is 156 cm³/mol. The Morgan fingerprint density at radius 3 is 2.08 bits per heavy atom. The molecule has 0 amide bonds. The van der Waals surface area contributed by atoms with E-state index in [1.54, 1.807) is 0 Å². The largest absolute Gasteiger partial charge is 0.508 e. The van der Waals surface area contributed by atoms with E-state index in [4.69, 9.17) is 0 Å². The summed E-state index contributed by atoms with van der Waals surface area (Å²) >= 11 is 0. The summed E-state index contributed by atoms with van der Waals surface area (Å²) in [6, 6.07) is 23.8. The van der Waals surface area contributed by atoms with E-state index >= 15 is 0 Å². The fourth-order valence-electron chi connectivity index (χ4n) is 8.55. The maximum atomic E-state index is 12.6. The van der Waals surface area contributed by atoms with Crippen LogP contribution in [0.4, 0.5) is 11.4 Å². The van der Waals surface area contributed by atoms with Gasteiger partial charge in [0.1, 0.15) is 5.75 Å². The van der Waals surface area contributed by atoms with Gasteiger partial charge >= 0.3 is 0 Å². The predicted octanol–water partition coefficient (Wildman–Crippen LogP) is 6.66. The van der Waals surface area contributed by atoms with Gasteiger partial charge < -0.3 is 20.0 Å². The van der Waals surface area contributed by atoms with E-state index < -0.39 is 5.60 Å². The van der Waals surface area contributed by atoms with Crippen molar-refractivity contribution in [3.05, 3.63) is 89.0 Å². The van der Waals surface area contributed by atoms with Crippen LogP contribution in [0.25, 0.3) is 0 Å². The van der Waals surface area contributed by atoms with Gasteiger partial charge in [-0.2, -0.15) is 0 Å². The molecule has 0 bridgehead atoms. The van der Waals surface area contributed by atoms with E-state index in [9.17, 15) is 10.2 Å². The van der Waals surface area contributed by atoms with Crippen LogP contribution in [0.1, 0.15) is 66.7 Å². The second-order valence-corrected chi connectivity index (χ2v) is 12.8. The number of benzene rings is 3. The first kappa shape index (κ1) is 25.3. The van der Waals surface area contributed by atoms with Crippen LogP contribution >= 0.6 is 0 Å². The number of anilines is 2. The number of phenols is 1. The van der Waals surface area contributed by atoms with E-state index in [1.165, 1.54) is 22.4 Å². The van der Waals surface area contributed by atoms with Gasteiger partial charge in [0.25, 0.3) is 0 Å². The average Bonchev–Trinajstić information content (AvgIpc) is 3.19. The molecule has 0 saturated heterocycles. The zero-order valence-electron chi connectivity index (χ0n) is 23.5. The molecule has 2 saturated carbocycles. The van der Waals surface area contributed by atoms with Gasteiger partial charge in [0.15, 0.2) is 0 Å². The lowest BCUT2D eigenvalue weighted by Gasteiger charge is -2.56. The fourth-order valence-corrected chi connectivity index (χ4v) is 8.55. The highest BCUT2D eigenvalue weighted by atomic mass is 16.3. The topological polar surface area (TPSA) is 46.9 Å². The Morgan fingerprint density at radius 2 is 1.45 bits per heavy atom. The van der Waals surface area contributed by atoms with Crippen LogP contribution in [0.5, 0.6) is 5.75 Å². The molecular weight excluding hydrogens is 468 g/mol. The van der Waals surface area contributed by atoms with Crippen molar-refractivity contribution in [3.63, 3.8) is 0 Å². The number of aliphatic hydroxyl groups is 1. The molecule has 2 N–H and O–H groups in total. The van der Waals surface area contributed by atoms with Gasteiger partial charge in [0.2, 0.25) is 0 Å². The summed E-state index contributed by atoms with van der Waals surface area (Å²) in [5.41, 5.74) is 6.45. The first-order valence-corrected chi connectivity index (χ1v) is 14.2. The molecule has 4 heteroatoms. The fraction of sp³-hybridized carbons (Fsp3) is 0.471. The normalized spacial score (nSPS) is 31.7. The van der Waals surface area contributed by atoms with Crippen molar-refractivity contribution in [3.8, 4) is 5.75 Å². The lowest BCUT2D eigenvalue weighted by Crippen LogP contribution is -2.51. The Morgan fingerprint density at radius 1 is 0.816 bits per heavy atom. The highest BCUT2D eigenvalue weighted by Gasteiger charge is 2.64. The number of fused-ring (bicyclic) bond motifs is 5. The van der Waals surface area contributed by atoms with Crippen LogP contribution in [0.15, 0.2) is 66.7 Å². The number of hydrogen-bond donors (Lipinski definition) is 2. The van der Waals surface area contributed by atoms with Crippen molar-refractivity contribution < 1.29 is 10.2 Å². The maximum absolute atomic E-state index is 12.6. The standard InChI is InChI=1S/C34H42N2O2/c1-33-21-30(22-6-11-25(12-7-22)35(2)3)32-28-17-15-27(37)20-23(28)8-16-29(32)31(33)18-19-34(33,38)24-9-13-26(14-10-24)36(4)5/h6-7,9-15,17,20,29-32,37-38H,8,16,18-19,21H2,1-5H3/t29-,30+,31-,32+,33-,34+/m0/s1. The van der Waals surface area contributed by atoms with Gasteiger partial charge in [0.05, 0.1) is 5.60 Å². The lowest BCUT2D eigenvalue weighted by molar-refractivity contribution is -0.114. The SMILES string of the molecule is CN(C)c1ccc([C@H]2C[C@@]3(C)[C@@H](CC[C@@]3(O)c3ccc(N(C)C)cc3)[C@@H]3CCc4cc(O)ccc4[C@H]32)cc1. The van der Waals surface area contributed by atoms with Gasteiger partial charge in [0, 0.05) is 45.0 Å². The van der Waals surface area contributed by atoms with Crippen molar-refractivity contribution in [2.45, 2.75) is 56.5 Å². The molecule has 0 radical (unpaired) electrons. The van der Waals surface area contributed by atoms with E-state index in [0.717, 1.165) is 43.4 Å².